The second-order valence-corrected chi connectivity index (χ2v) is 12.5. The molecule has 0 aliphatic heterocycles. The summed E-state index contributed by atoms with van der Waals surface area (Å²) in [6, 6.07) is 5.23. The number of carbonyl (C=O) groups excluding carboxylic acids is 2. The van der Waals surface area contributed by atoms with Crippen LogP contribution in [0.1, 0.15) is 89.1 Å². The van der Waals surface area contributed by atoms with E-state index < -0.39 is 12.1 Å². The average molecular weight is 593 g/mol. The molecule has 0 fully saturated rings. The van der Waals surface area contributed by atoms with E-state index in [4.69, 9.17) is 15.2 Å². The third kappa shape index (κ3) is 14.3. The summed E-state index contributed by atoms with van der Waals surface area (Å²) in [6.45, 7) is 13.3. The van der Waals surface area contributed by atoms with Crippen molar-refractivity contribution in [3.05, 3.63) is 29.3 Å². The van der Waals surface area contributed by atoms with Crippen molar-refractivity contribution in [2.75, 3.05) is 47.5 Å². The van der Waals surface area contributed by atoms with Crippen molar-refractivity contribution in [1.29, 1.82) is 0 Å². The molecule has 5 N–H and O–H groups in total. The normalized spacial score (nSPS) is 14.6. The number of aliphatic hydroxyl groups excluding tert-OH is 1. The predicted molar refractivity (Wildman–Crippen MR) is 171 cm³/mol. The van der Waals surface area contributed by atoms with Crippen LogP contribution in [0.15, 0.2) is 18.2 Å². The van der Waals surface area contributed by atoms with Gasteiger partial charge >= 0.3 is 0 Å². The molecule has 1 aromatic rings. The minimum absolute atomic E-state index is 0.0225. The van der Waals surface area contributed by atoms with Crippen LogP contribution in [0.5, 0.6) is 5.75 Å². The maximum atomic E-state index is 13.3. The summed E-state index contributed by atoms with van der Waals surface area (Å²) in [5, 5.41) is 17.1. The number of nitrogens with zero attached hydrogens (tertiary/aromatic N) is 1. The van der Waals surface area contributed by atoms with Crippen LogP contribution in [0.4, 0.5) is 0 Å². The predicted octanol–water partition coefficient (Wildman–Crippen LogP) is 4.21. The Kier molecular flexibility index (Phi) is 18.6. The van der Waals surface area contributed by atoms with Gasteiger partial charge in [-0.1, -0.05) is 47.1 Å². The van der Waals surface area contributed by atoms with Crippen LogP contribution in [0.3, 0.4) is 0 Å². The van der Waals surface area contributed by atoms with E-state index in [2.05, 4.69) is 36.3 Å². The number of amides is 2. The molecule has 0 aliphatic carbocycles. The first-order chi connectivity index (χ1) is 19.9. The summed E-state index contributed by atoms with van der Waals surface area (Å²) >= 11 is 0. The Bertz CT molecular complexity index is 908. The maximum absolute atomic E-state index is 13.3. The maximum Gasteiger partial charge on any atom is 0.255 e. The van der Waals surface area contributed by atoms with Gasteiger partial charge in [0.1, 0.15) is 5.75 Å². The Balaban J connectivity index is 2.87. The molecule has 242 valence electrons. The van der Waals surface area contributed by atoms with E-state index in [-0.39, 0.29) is 35.5 Å². The van der Waals surface area contributed by atoms with Crippen molar-refractivity contribution in [3.63, 3.8) is 0 Å². The molecular weight excluding hydrogens is 532 g/mol. The molecule has 0 saturated heterocycles. The monoisotopic (exact) mass is 592 g/mol. The van der Waals surface area contributed by atoms with Crippen molar-refractivity contribution in [3.8, 4) is 5.75 Å². The van der Waals surface area contributed by atoms with Crippen molar-refractivity contribution in [2.24, 2.45) is 29.4 Å². The van der Waals surface area contributed by atoms with Crippen molar-refractivity contribution >= 4 is 11.8 Å². The molecule has 0 heterocycles. The molecule has 9 heteroatoms. The zero-order valence-electron chi connectivity index (χ0n) is 27.6. The van der Waals surface area contributed by atoms with E-state index >= 15 is 0 Å². The quantitative estimate of drug-likeness (QED) is 0.149. The Labute approximate surface area is 255 Å². The van der Waals surface area contributed by atoms with E-state index in [9.17, 15) is 14.7 Å². The van der Waals surface area contributed by atoms with Gasteiger partial charge in [-0.2, -0.15) is 0 Å². The first-order valence-corrected chi connectivity index (χ1v) is 15.8. The van der Waals surface area contributed by atoms with Gasteiger partial charge in [0.05, 0.1) is 18.3 Å². The van der Waals surface area contributed by atoms with Crippen LogP contribution in [-0.4, -0.2) is 81.5 Å². The van der Waals surface area contributed by atoms with Crippen LogP contribution in [0, 0.1) is 23.7 Å². The number of hydrogen-bond donors (Lipinski definition) is 4. The molecule has 1 rings (SSSR count). The van der Waals surface area contributed by atoms with Gasteiger partial charge in [0.25, 0.3) is 5.91 Å². The van der Waals surface area contributed by atoms with Gasteiger partial charge in [-0.05, 0) is 81.6 Å². The fourth-order valence-electron chi connectivity index (χ4n) is 4.92. The second-order valence-electron chi connectivity index (χ2n) is 12.5. The molecule has 0 bridgehead atoms. The molecular formula is C33H60N4O5. The van der Waals surface area contributed by atoms with Crippen molar-refractivity contribution < 1.29 is 24.2 Å². The zero-order chi connectivity index (χ0) is 31.7. The van der Waals surface area contributed by atoms with Crippen LogP contribution in [-0.2, 0) is 16.1 Å². The highest BCUT2D eigenvalue weighted by Gasteiger charge is 2.30. The summed E-state index contributed by atoms with van der Waals surface area (Å²) in [4.78, 5) is 28.2. The van der Waals surface area contributed by atoms with E-state index in [1.165, 1.54) is 0 Å². The van der Waals surface area contributed by atoms with Crippen molar-refractivity contribution in [1.82, 2.24) is 15.5 Å². The molecule has 2 amide bonds. The summed E-state index contributed by atoms with van der Waals surface area (Å²) in [6.07, 6.45) is 3.71. The van der Waals surface area contributed by atoms with Gasteiger partial charge in [-0.3, -0.25) is 9.59 Å². The number of ether oxygens (including phenoxy) is 2. The SMILES string of the molecule is CCCCNC(=O)[C@@H](C[C@H](O)[C@@H](N)C[C@H](CNC(=O)c1ccc(CN(C)C)cc1OCCCCOC)C(C)C)C(C)C. The standard InChI is InChI=1S/C33H60N4O5/c1-9-10-15-35-33(40)28(24(4)5)20-30(38)29(34)19-26(23(2)3)21-36-32(39)27-14-13-25(22-37(6)7)18-31(27)42-17-12-11-16-41-8/h13-14,18,23-24,26,28-30,38H,9-12,15-17,19-22,34H2,1-8H3,(H,35,40)(H,36,39)/t26-,28+,29+,30+/m1/s1. The van der Waals surface area contributed by atoms with E-state index in [1.807, 2.05) is 46.1 Å². The minimum Gasteiger partial charge on any atom is -0.493 e. The number of benzene rings is 1. The number of methoxy groups -OCH3 is 1. The number of unbranched alkanes of at least 4 members (excludes halogenated alkanes) is 2. The third-order valence-electron chi connectivity index (χ3n) is 7.79. The Morgan fingerprint density at radius 3 is 2.29 bits per heavy atom. The van der Waals surface area contributed by atoms with Gasteiger partial charge < -0.3 is 35.8 Å². The Hall–Kier alpha value is -2.20. The lowest BCUT2D eigenvalue weighted by Gasteiger charge is -2.30. The topological polar surface area (TPSA) is 126 Å². The molecule has 0 spiro atoms. The molecule has 0 unspecified atom stereocenters. The fraction of sp³-hybridized carbons (Fsp3) is 0.758. The second kappa shape index (κ2) is 20.7. The first kappa shape index (κ1) is 37.8. The Morgan fingerprint density at radius 1 is 1.00 bits per heavy atom. The molecule has 0 aliphatic rings. The van der Waals surface area contributed by atoms with Gasteiger partial charge in [-0.25, -0.2) is 0 Å². The fourth-order valence-corrected chi connectivity index (χ4v) is 4.92. The summed E-state index contributed by atoms with van der Waals surface area (Å²) in [5.41, 5.74) is 8.06. The average Bonchev–Trinajstić information content (AvgIpc) is 2.92. The number of carbonyl (C=O) groups is 2. The first-order valence-electron chi connectivity index (χ1n) is 15.8. The number of nitrogens with one attached hydrogen (secondary N) is 2. The highest BCUT2D eigenvalue weighted by Crippen LogP contribution is 2.25. The number of aliphatic hydroxyl groups is 1. The van der Waals surface area contributed by atoms with Gasteiger partial charge in [0, 0.05) is 45.3 Å². The molecule has 42 heavy (non-hydrogen) atoms. The van der Waals surface area contributed by atoms with E-state index in [0.29, 0.717) is 50.5 Å². The number of rotatable bonds is 22. The smallest absolute Gasteiger partial charge is 0.255 e. The van der Waals surface area contributed by atoms with Gasteiger partial charge in [0.2, 0.25) is 5.91 Å². The number of nitrogens with two attached hydrogens (primary N) is 1. The molecule has 0 saturated carbocycles. The van der Waals surface area contributed by atoms with Crippen LogP contribution in [0.25, 0.3) is 0 Å². The van der Waals surface area contributed by atoms with E-state index in [1.54, 1.807) is 7.11 Å². The van der Waals surface area contributed by atoms with Crippen LogP contribution in [0.2, 0.25) is 0 Å². The minimum atomic E-state index is -0.811. The largest absolute Gasteiger partial charge is 0.493 e. The summed E-state index contributed by atoms with van der Waals surface area (Å²) < 4.78 is 11.2. The molecule has 9 nitrogen and oxygen atoms in total. The highest BCUT2D eigenvalue weighted by atomic mass is 16.5. The Morgan fingerprint density at radius 2 is 1.69 bits per heavy atom. The lowest BCUT2D eigenvalue weighted by Crippen LogP contribution is -2.44. The third-order valence-corrected chi connectivity index (χ3v) is 7.79. The molecule has 0 aromatic heterocycles. The van der Waals surface area contributed by atoms with Crippen molar-refractivity contribution in [2.45, 2.75) is 91.8 Å². The lowest BCUT2D eigenvalue weighted by atomic mass is 9.83. The summed E-state index contributed by atoms with van der Waals surface area (Å²) in [5.74, 6) is 0.445. The van der Waals surface area contributed by atoms with Crippen LogP contribution < -0.4 is 21.1 Å². The number of hydrogen-bond acceptors (Lipinski definition) is 7. The van der Waals surface area contributed by atoms with Gasteiger partial charge in [0.15, 0.2) is 0 Å². The molecule has 0 radical (unpaired) electrons. The summed E-state index contributed by atoms with van der Waals surface area (Å²) in [7, 11) is 5.69. The zero-order valence-corrected chi connectivity index (χ0v) is 27.6. The lowest BCUT2D eigenvalue weighted by molar-refractivity contribution is -0.127. The molecule has 1 aromatic carbocycles. The van der Waals surface area contributed by atoms with Gasteiger partial charge in [-0.15, -0.1) is 0 Å². The highest BCUT2D eigenvalue weighted by molar-refractivity contribution is 5.97. The van der Waals surface area contributed by atoms with E-state index in [0.717, 1.165) is 37.8 Å². The van der Waals surface area contributed by atoms with Crippen LogP contribution >= 0.6 is 0 Å². The molecule has 4 atom stereocenters.